The Balaban J connectivity index is 1.63. The third-order valence-electron chi connectivity index (χ3n) is 4.10. The van der Waals surface area contributed by atoms with Gasteiger partial charge in [0.05, 0.1) is 15.6 Å². The molecular formula is C17H15Cl4N3O2S. The van der Waals surface area contributed by atoms with Crippen LogP contribution in [0.2, 0.25) is 5.02 Å². The van der Waals surface area contributed by atoms with Crippen LogP contribution in [0.4, 0.5) is 11.4 Å². The normalized spacial score (nSPS) is 15.0. The molecule has 1 fully saturated rings. The lowest BCUT2D eigenvalue weighted by atomic mass is 10.2. The number of piperazine rings is 1. The number of rotatable bonds is 3. The second-order valence-corrected chi connectivity index (χ2v) is 9.51. The van der Waals surface area contributed by atoms with E-state index in [-0.39, 0.29) is 5.91 Å². The van der Waals surface area contributed by atoms with Gasteiger partial charge in [0, 0.05) is 31.9 Å². The van der Waals surface area contributed by atoms with Gasteiger partial charge < -0.3 is 15.1 Å². The molecule has 144 valence electrons. The molecular weight excluding hydrogens is 452 g/mol. The van der Waals surface area contributed by atoms with Crippen molar-refractivity contribution in [3.05, 3.63) is 45.6 Å². The third-order valence-corrected chi connectivity index (χ3v) is 5.78. The molecule has 10 heteroatoms. The second kappa shape index (κ2) is 8.45. The summed E-state index contributed by atoms with van der Waals surface area (Å²) < 4.78 is -2.05. The van der Waals surface area contributed by atoms with E-state index >= 15 is 0 Å². The molecule has 2 amide bonds. The number of carbonyl (C=O) groups excluding carboxylic acids is 2. The highest BCUT2D eigenvalue weighted by molar-refractivity contribution is 7.12. The monoisotopic (exact) mass is 465 g/mol. The molecule has 0 atom stereocenters. The number of alkyl halides is 3. The van der Waals surface area contributed by atoms with Crippen molar-refractivity contribution < 1.29 is 9.59 Å². The largest absolute Gasteiger partial charge is 0.367 e. The molecule has 1 N–H and O–H groups in total. The van der Waals surface area contributed by atoms with Crippen LogP contribution < -0.4 is 10.2 Å². The minimum absolute atomic E-state index is 0.0560. The van der Waals surface area contributed by atoms with Crippen molar-refractivity contribution in [3.63, 3.8) is 0 Å². The van der Waals surface area contributed by atoms with Crippen LogP contribution in [0.15, 0.2) is 35.7 Å². The predicted octanol–water partition coefficient (Wildman–Crippen LogP) is 4.67. The van der Waals surface area contributed by atoms with Crippen LogP contribution in [0.3, 0.4) is 0 Å². The zero-order valence-electron chi connectivity index (χ0n) is 13.9. The minimum atomic E-state index is -2.05. The van der Waals surface area contributed by atoms with E-state index in [0.717, 1.165) is 10.6 Å². The van der Waals surface area contributed by atoms with Crippen LogP contribution in [0.25, 0.3) is 0 Å². The van der Waals surface area contributed by atoms with Gasteiger partial charge in [-0.15, -0.1) is 11.3 Å². The minimum Gasteiger partial charge on any atom is -0.367 e. The fraction of sp³-hybridized carbons (Fsp3) is 0.294. The van der Waals surface area contributed by atoms with Gasteiger partial charge in [0.2, 0.25) is 0 Å². The maximum absolute atomic E-state index is 12.4. The Labute approximate surface area is 180 Å². The van der Waals surface area contributed by atoms with Crippen molar-refractivity contribution in [2.45, 2.75) is 3.79 Å². The number of hydrogen-bond acceptors (Lipinski definition) is 4. The van der Waals surface area contributed by atoms with Crippen molar-refractivity contribution in [2.24, 2.45) is 0 Å². The summed E-state index contributed by atoms with van der Waals surface area (Å²) in [7, 11) is 0. The average molecular weight is 467 g/mol. The van der Waals surface area contributed by atoms with Gasteiger partial charge in [0.25, 0.3) is 15.6 Å². The first-order valence-electron chi connectivity index (χ1n) is 8.01. The van der Waals surface area contributed by atoms with Gasteiger partial charge in [-0.05, 0) is 29.6 Å². The van der Waals surface area contributed by atoms with Crippen LogP contribution in [0.1, 0.15) is 9.67 Å². The van der Waals surface area contributed by atoms with E-state index in [1.807, 2.05) is 22.4 Å². The quantitative estimate of drug-likeness (QED) is 0.668. The molecule has 2 heterocycles. The summed E-state index contributed by atoms with van der Waals surface area (Å²) in [5.74, 6) is -0.697. The first kappa shape index (κ1) is 20.6. The van der Waals surface area contributed by atoms with E-state index in [0.29, 0.717) is 36.9 Å². The molecule has 2 aromatic rings. The summed E-state index contributed by atoms with van der Waals surface area (Å²) in [5.41, 5.74) is 1.26. The van der Waals surface area contributed by atoms with Crippen molar-refractivity contribution in [2.75, 3.05) is 36.4 Å². The van der Waals surface area contributed by atoms with E-state index in [9.17, 15) is 9.59 Å². The lowest BCUT2D eigenvalue weighted by Crippen LogP contribution is -2.48. The van der Waals surface area contributed by atoms with E-state index in [2.05, 4.69) is 10.2 Å². The lowest BCUT2D eigenvalue weighted by molar-refractivity contribution is -0.115. The average Bonchev–Trinajstić information content (AvgIpc) is 3.15. The number of halogens is 4. The van der Waals surface area contributed by atoms with Crippen LogP contribution in [0, 0.1) is 0 Å². The topological polar surface area (TPSA) is 52.7 Å². The Morgan fingerprint density at radius 1 is 1.07 bits per heavy atom. The van der Waals surface area contributed by atoms with Gasteiger partial charge in [0.1, 0.15) is 0 Å². The molecule has 5 nitrogen and oxygen atoms in total. The zero-order valence-corrected chi connectivity index (χ0v) is 17.8. The zero-order chi connectivity index (χ0) is 19.6. The first-order valence-corrected chi connectivity index (χ1v) is 10.4. The summed E-state index contributed by atoms with van der Waals surface area (Å²) in [6, 6.07) is 8.80. The summed E-state index contributed by atoms with van der Waals surface area (Å²) >= 11 is 24.5. The Morgan fingerprint density at radius 2 is 1.78 bits per heavy atom. The molecule has 3 rings (SSSR count). The molecule has 0 bridgehead atoms. The highest BCUT2D eigenvalue weighted by Crippen LogP contribution is 2.32. The number of benzene rings is 1. The molecule has 1 aromatic heterocycles. The summed E-state index contributed by atoms with van der Waals surface area (Å²) in [4.78, 5) is 28.8. The van der Waals surface area contributed by atoms with Crippen LogP contribution >= 0.6 is 57.7 Å². The molecule has 1 saturated heterocycles. The summed E-state index contributed by atoms with van der Waals surface area (Å²) in [6.45, 7) is 2.55. The standard InChI is InChI=1S/C17H15Cl4N3O2S/c18-12-10-11(22-16(26)17(19,20)21)3-4-13(12)23-5-7-24(8-6-23)15(25)14-2-1-9-27-14/h1-4,9-10H,5-8H2,(H,22,26). The maximum atomic E-state index is 12.4. The summed E-state index contributed by atoms with van der Waals surface area (Å²) in [6.07, 6.45) is 0. The maximum Gasteiger partial charge on any atom is 0.276 e. The van der Waals surface area contributed by atoms with E-state index < -0.39 is 9.70 Å². The number of carbonyl (C=O) groups is 2. The molecule has 0 radical (unpaired) electrons. The SMILES string of the molecule is O=C(c1cccs1)N1CCN(c2ccc(NC(=O)C(Cl)(Cl)Cl)cc2Cl)CC1. The van der Waals surface area contributed by atoms with Crippen LogP contribution in [-0.2, 0) is 4.79 Å². The fourth-order valence-electron chi connectivity index (χ4n) is 2.75. The van der Waals surface area contributed by atoms with Crippen LogP contribution in [-0.4, -0.2) is 46.7 Å². The summed E-state index contributed by atoms with van der Waals surface area (Å²) in [5, 5.41) is 4.86. The third kappa shape index (κ3) is 5.00. The van der Waals surface area contributed by atoms with Gasteiger partial charge >= 0.3 is 0 Å². The number of nitrogens with zero attached hydrogens (tertiary/aromatic N) is 2. The molecule has 1 aliphatic heterocycles. The Hall–Kier alpha value is -1.18. The number of amides is 2. The van der Waals surface area contributed by atoms with Crippen molar-refractivity contribution in [1.29, 1.82) is 0 Å². The number of anilines is 2. The Bertz CT molecular complexity index is 831. The van der Waals surface area contributed by atoms with Gasteiger partial charge in [-0.2, -0.15) is 0 Å². The molecule has 27 heavy (non-hydrogen) atoms. The van der Waals surface area contributed by atoms with Crippen molar-refractivity contribution in [1.82, 2.24) is 4.90 Å². The van der Waals surface area contributed by atoms with Gasteiger partial charge in [-0.3, -0.25) is 9.59 Å². The number of nitrogens with one attached hydrogen (secondary N) is 1. The van der Waals surface area contributed by atoms with E-state index in [4.69, 9.17) is 46.4 Å². The van der Waals surface area contributed by atoms with Gasteiger partial charge in [-0.1, -0.05) is 52.5 Å². The molecule has 1 aromatic carbocycles. The van der Waals surface area contributed by atoms with Gasteiger partial charge in [0.15, 0.2) is 0 Å². The second-order valence-electron chi connectivity index (χ2n) is 5.87. The fourth-order valence-corrected chi connectivity index (χ4v) is 3.88. The van der Waals surface area contributed by atoms with E-state index in [1.165, 1.54) is 11.3 Å². The highest BCUT2D eigenvalue weighted by Gasteiger charge is 2.31. The van der Waals surface area contributed by atoms with Crippen molar-refractivity contribution >= 4 is 80.9 Å². The predicted molar refractivity (Wildman–Crippen MR) is 113 cm³/mol. The Morgan fingerprint density at radius 3 is 2.33 bits per heavy atom. The molecule has 1 aliphatic rings. The molecule has 0 unspecified atom stereocenters. The lowest BCUT2D eigenvalue weighted by Gasteiger charge is -2.36. The molecule has 0 aliphatic carbocycles. The number of thiophene rings is 1. The molecule has 0 saturated carbocycles. The number of hydrogen-bond donors (Lipinski definition) is 1. The first-order chi connectivity index (χ1) is 12.8. The molecule has 0 spiro atoms. The smallest absolute Gasteiger partial charge is 0.276 e. The van der Waals surface area contributed by atoms with Crippen molar-refractivity contribution in [3.8, 4) is 0 Å². The van der Waals surface area contributed by atoms with Gasteiger partial charge in [-0.25, -0.2) is 0 Å². The highest BCUT2D eigenvalue weighted by atomic mass is 35.6. The van der Waals surface area contributed by atoms with Crippen LogP contribution in [0.5, 0.6) is 0 Å². The van der Waals surface area contributed by atoms with E-state index in [1.54, 1.807) is 18.2 Å². The Kier molecular flexibility index (Phi) is 6.43.